The van der Waals surface area contributed by atoms with Crippen molar-refractivity contribution in [3.8, 4) is 0 Å². The van der Waals surface area contributed by atoms with Gasteiger partial charge in [0.1, 0.15) is 0 Å². The Morgan fingerprint density at radius 2 is 2.50 bits per heavy atom. The Hall–Kier alpha value is -1.42. The maximum Gasteiger partial charge on any atom is 0.252 e. The van der Waals surface area contributed by atoms with E-state index < -0.39 is 0 Å². The summed E-state index contributed by atoms with van der Waals surface area (Å²) in [4.78, 5) is 15.3. The minimum Gasteiger partial charge on any atom is -0.350 e. The van der Waals surface area contributed by atoms with Crippen molar-refractivity contribution >= 4 is 5.91 Å². The number of nitrogens with two attached hydrogens (primary N) is 1. The molecule has 0 bridgehead atoms. The number of aromatic nitrogens is 1. The molecule has 0 aliphatic heterocycles. The molecule has 76 valence electrons. The highest BCUT2D eigenvalue weighted by Gasteiger charge is 2.05. The summed E-state index contributed by atoms with van der Waals surface area (Å²) in [5.74, 6) is -0.123. The van der Waals surface area contributed by atoms with Gasteiger partial charge in [-0.3, -0.25) is 9.78 Å². The van der Waals surface area contributed by atoms with E-state index >= 15 is 0 Å². The molecule has 0 aliphatic rings. The van der Waals surface area contributed by atoms with E-state index in [0.29, 0.717) is 12.1 Å². The summed E-state index contributed by atoms with van der Waals surface area (Å²) >= 11 is 0. The molecule has 4 heteroatoms. The highest BCUT2D eigenvalue weighted by Crippen LogP contribution is 1.95. The molecular formula is C10H15N3O. The van der Waals surface area contributed by atoms with E-state index in [1.165, 1.54) is 6.20 Å². The summed E-state index contributed by atoms with van der Waals surface area (Å²) in [6.07, 6.45) is 4.02. The average molecular weight is 193 g/mol. The minimum absolute atomic E-state index is 0.0237. The topological polar surface area (TPSA) is 68.0 Å². The average Bonchev–Trinajstić information content (AvgIpc) is 2.26. The van der Waals surface area contributed by atoms with Gasteiger partial charge in [0, 0.05) is 25.0 Å². The largest absolute Gasteiger partial charge is 0.350 e. The lowest BCUT2D eigenvalue weighted by atomic mass is 10.2. The lowest BCUT2D eigenvalue weighted by Crippen LogP contribution is -2.36. The summed E-state index contributed by atoms with van der Waals surface area (Å²) in [5, 5.41) is 2.75. The zero-order valence-corrected chi connectivity index (χ0v) is 8.23. The quantitative estimate of drug-likeness (QED) is 0.733. The standard InChI is InChI=1S/C10H15N3O/c1-2-9(11)7-13-10(14)8-4-3-5-12-6-8/h3-6,9H,2,7,11H2,1H3,(H,13,14). The highest BCUT2D eigenvalue weighted by molar-refractivity contribution is 5.93. The molecule has 0 aliphatic carbocycles. The molecule has 0 fully saturated rings. The van der Waals surface area contributed by atoms with Crippen LogP contribution in [0.3, 0.4) is 0 Å². The second-order valence-electron chi connectivity index (χ2n) is 3.12. The van der Waals surface area contributed by atoms with Crippen molar-refractivity contribution in [1.82, 2.24) is 10.3 Å². The normalized spacial score (nSPS) is 12.1. The molecule has 0 radical (unpaired) electrons. The number of rotatable bonds is 4. The van der Waals surface area contributed by atoms with Gasteiger partial charge in [-0.15, -0.1) is 0 Å². The fourth-order valence-corrected chi connectivity index (χ4v) is 0.967. The molecule has 4 nitrogen and oxygen atoms in total. The summed E-state index contributed by atoms with van der Waals surface area (Å²) in [6.45, 7) is 2.49. The van der Waals surface area contributed by atoms with Crippen LogP contribution < -0.4 is 11.1 Å². The molecule has 14 heavy (non-hydrogen) atoms. The molecule has 1 heterocycles. The first-order valence-corrected chi connectivity index (χ1v) is 4.68. The summed E-state index contributed by atoms with van der Waals surface area (Å²) in [7, 11) is 0. The molecule has 1 atom stereocenters. The summed E-state index contributed by atoms with van der Waals surface area (Å²) in [5.41, 5.74) is 6.23. The van der Waals surface area contributed by atoms with Crippen molar-refractivity contribution in [1.29, 1.82) is 0 Å². The Labute approximate surface area is 83.5 Å². The van der Waals surface area contributed by atoms with E-state index in [0.717, 1.165) is 6.42 Å². The number of carbonyl (C=O) groups is 1. The fraction of sp³-hybridized carbons (Fsp3) is 0.400. The molecule has 0 saturated heterocycles. The van der Waals surface area contributed by atoms with Gasteiger partial charge < -0.3 is 11.1 Å². The number of nitrogens with one attached hydrogen (secondary N) is 1. The maximum absolute atomic E-state index is 11.5. The molecule has 1 aromatic heterocycles. The van der Waals surface area contributed by atoms with Crippen LogP contribution in [0.15, 0.2) is 24.5 Å². The molecule has 1 aromatic rings. The smallest absolute Gasteiger partial charge is 0.252 e. The van der Waals surface area contributed by atoms with Crippen LogP contribution in [0.25, 0.3) is 0 Å². The second-order valence-corrected chi connectivity index (χ2v) is 3.12. The van der Waals surface area contributed by atoms with Gasteiger partial charge >= 0.3 is 0 Å². The zero-order valence-electron chi connectivity index (χ0n) is 8.23. The van der Waals surface area contributed by atoms with Crippen LogP contribution in [0.2, 0.25) is 0 Å². The SMILES string of the molecule is CCC(N)CNC(=O)c1cccnc1. The van der Waals surface area contributed by atoms with Crippen LogP contribution in [-0.2, 0) is 0 Å². The van der Waals surface area contributed by atoms with Crippen molar-refractivity contribution in [2.75, 3.05) is 6.54 Å². The van der Waals surface area contributed by atoms with Crippen LogP contribution in [0.4, 0.5) is 0 Å². The van der Waals surface area contributed by atoms with Crippen LogP contribution in [0.1, 0.15) is 23.7 Å². The third-order valence-electron chi connectivity index (χ3n) is 1.97. The van der Waals surface area contributed by atoms with Gasteiger partial charge in [0.25, 0.3) is 5.91 Å². The molecule has 0 spiro atoms. The van der Waals surface area contributed by atoms with Crippen molar-refractivity contribution in [3.63, 3.8) is 0 Å². The van der Waals surface area contributed by atoms with Gasteiger partial charge in [0.05, 0.1) is 5.56 Å². The Balaban J connectivity index is 2.44. The first-order valence-electron chi connectivity index (χ1n) is 4.68. The number of hydrogen-bond acceptors (Lipinski definition) is 3. The van der Waals surface area contributed by atoms with Crippen molar-refractivity contribution < 1.29 is 4.79 Å². The predicted octanol–water partition coefficient (Wildman–Crippen LogP) is 0.549. The molecule has 1 amide bonds. The summed E-state index contributed by atoms with van der Waals surface area (Å²) in [6, 6.07) is 3.48. The molecule has 0 aromatic carbocycles. The van der Waals surface area contributed by atoms with Crippen molar-refractivity contribution in [3.05, 3.63) is 30.1 Å². The van der Waals surface area contributed by atoms with Gasteiger partial charge in [-0.1, -0.05) is 6.92 Å². The van der Waals surface area contributed by atoms with Gasteiger partial charge in [-0.25, -0.2) is 0 Å². The van der Waals surface area contributed by atoms with Crippen molar-refractivity contribution in [2.45, 2.75) is 19.4 Å². The van der Waals surface area contributed by atoms with Gasteiger partial charge in [-0.2, -0.15) is 0 Å². The molecule has 0 saturated carbocycles. The fourth-order valence-electron chi connectivity index (χ4n) is 0.967. The molecule has 3 N–H and O–H groups in total. The lowest BCUT2D eigenvalue weighted by molar-refractivity contribution is 0.0950. The maximum atomic E-state index is 11.5. The van der Waals surface area contributed by atoms with E-state index in [-0.39, 0.29) is 11.9 Å². The number of hydrogen-bond donors (Lipinski definition) is 2. The highest BCUT2D eigenvalue weighted by atomic mass is 16.1. The second kappa shape index (κ2) is 5.34. The molecule has 1 rings (SSSR count). The lowest BCUT2D eigenvalue weighted by Gasteiger charge is -2.09. The van der Waals surface area contributed by atoms with E-state index in [1.54, 1.807) is 18.3 Å². The predicted molar refractivity (Wildman–Crippen MR) is 54.8 cm³/mol. The third-order valence-corrected chi connectivity index (χ3v) is 1.97. The zero-order chi connectivity index (χ0) is 10.4. The van der Waals surface area contributed by atoms with Crippen LogP contribution in [0, 0.1) is 0 Å². The Bertz CT molecular complexity index is 287. The van der Waals surface area contributed by atoms with Crippen LogP contribution >= 0.6 is 0 Å². The van der Waals surface area contributed by atoms with Crippen molar-refractivity contribution in [2.24, 2.45) is 5.73 Å². The van der Waals surface area contributed by atoms with Gasteiger partial charge in [0.15, 0.2) is 0 Å². The number of pyridine rings is 1. The van der Waals surface area contributed by atoms with Crippen LogP contribution in [-0.4, -0.2) is 23.5 Å². The Morgan fingerprint density at radius 1 is 1.71 bits per heavy atom. The van der Waals surface area contributed by atoms with E-state index in [4.69, 9.17) is 5.73 Å². The minimum atomic E-state index is -0.123. The van der Waals surface area contributed by atoms with Gasteiger partial charge in [-0.05, 0) is 18.6 Å². The molecule has 1 unspecified atom stereocenters. The van der Waals surface area contributed by atoms with E-state index in [9.17, 15) is 4.79 Å². The Morgan fingerprint density at radius 3 is 3.07 bits per heavy atom. The summed E-state index contributed by atoms with van der Waals surface area (Å²) < 4.78 is 0. The monoisotopic (exact) mass is 193 g/mol. The van der Waals surface area contributed by atoms with Gasteiger partial charge in [0.2, 0.25) is 0 Å². The van der Waals surface area contributed by atoms with E-state index in [1.807, 2.05) is 6.92 Å². The number of carbonyl (C=O) groups excluding carboxylic acids is 1. The Kier molecular flexibility index (Phi) is 4.07. The van der Waals surface area contributed by atoms with Crippen LogP contribution in [0.5, 0.6) is 0 Å². The van der Waals surface area contributed by atoms with E-state index in [2.05, 4.69) is 10.3 Å². The molecular weight excluding hydrogens is 178 g/mol. The number of nitrogens with zero attached hydrogens (tertiary/aromatic N) is 1. The number of amides is 1. The first kappa shape index (κ1) is 10.7. The third kappa shape index (κ3) is 3.14. The first-order chi connectivity index (χ1) is 6.74.